The van der Waals surface area contributed by atoms with Crippen LogP contribution in [0.2, 0.25) is 5.02 Å². The first-order valence-electron chi connectivity index (χ1n) is 5.73. The van der Waals surface area contributed by atoms with Gasteiger partial charge in [0.05, 0.1) is 0 Å². The van der Waals surface area contributed by atoms with E-state index in [2.05, 4.69) is 0 Å². The van der Waals surface area contributed by atoms with E-state index in [-0.39, 0.29) is 17.5 Å². The van der Waals surface area contributed by atoms with E-state index in [1.807, 2.05) is 6.07 Å². The summed E-state index contributed by atoms with van der Waals surface area (Å²) in [5.41, 5.74) is 2.62. The van der Waals surface area contributed by atoms with Gasteiger partial charge in [-0.1, -0.05) is 23.7 Å². The van der Waals surface area contributed by atoms with Crippen LogP contribution in [0.5, 0.6) is 0 Å². The summed E-state index contributed by atoms with van der Waals surface area (Å²) in [5, 5.41) is 0.621. The molecule has 18 heavy (non-hydrogen) atoms. The van der Waals surface area contributed by atoms with Crippen LogP contribution in [-0.4, -0.2) is 5.78 Å². The van der Waals surface area contributed by atoms with Crippen LogP contribution in [-0.2, 0) is 0 Å². The van der Waals surface area contributed by atoms with E-state index >= 15 is 0 Å². The molecule has 0 amide bonds. The third-order valence-electron chi connectivity index (χ3n) is 3.35. The minimum absolute atomic E-state index is 0.00759. The zero-order valence-corrected chi connectivity index (χ0v) is 10.2. The minimum Gasteiger partial charge on any atom is -0.294 e. The minimum atomic E-state index is -0.269. The van der Waals surface area contributed by atoms with Gasteiger partial charge < -0.3 is 0 Å². The van der Waals surface area contributed by atoms with Gasteiger partial charge in [0, 0.05) is 22.9 Å². The molecule has 1 aliphatic rings. The molecule has 90 valence electrons. The van der Waals surface area contributed by atoms with Gasteiger partial charge in [0.25, 0.3) is 0 Å². The van der Waals surface area contributed by atoms with Crippen molar-refractivity contribution in [1.29, 1.82) is 0 Å². The highest BCUT2D eigenvalue weighted by atomic mass is 35.5. The van der Waals surface area contributed by atoms with Crippen molar-refractivity contribution >= 4 is 17.4 Å². The molecule has 0 radical (unpaired) electrons. The SMILES string of the molecule is O=C1C[C@H](c2ccc(F)cc2)c2cc(Cl)ccc21. The van der Waals surface area contributed by atoms with Crippen LogP contribution >= 0.6 is 11.6 Å². The predicted octanol–water partition coefficient (Wildman–Crippen LogP) is 4.20. The fourth-order valence-corrected chi connectivity index (χ4v) is 2.65. The summed E-state index contributed by atoms with van der Waals surface area (Å²) >= 11 is 5.98. The molecule has 1 aliphatic carbocycles. The Morgan fingerprint density at radius 2 is 1.83 bits per heavy atom. The van der Waals surface area contributed by atoms with E-state index in [4.69, 9.17) is 11.6 Å². The molecule has 3 heteroatoms. The molecule has 0 aromatic heterocycles. The Morgan fingerprint density at radius 1 is 1.11 bits per heavy atom. The van der Waals surface area contributed by atoms with Gasteiger partial charge in [0.15, 0.2) is 5.78 Å². The molecule has 2 aromatic carbocycles. The first-order chi connectivity index (χ1) is 8.65. The molecule has 3 rings (SSSR count). The van der Waals surface area contributed by atoms with E-state index in [1.54, 1.807) is 24.3 Å². The molecule has 0 heterocycles. The quantitative estimate of drug-likeness (QED) is 0.751. The smallest absolute Gasteiger partial charge is 0.164 e. The number of hydrogen-bond acceptors (Lipinski definition) is 1. The monoisotopic (exact) mass is 260 g/mol. The molecule has 0 aliphatic heterocycles. The van der Waals surface area contributed by atoms with Crippen molar-refractivity contribution in [1.82, 2.24) is 0 Å². The van der Waals surface area contributed by atoms with E-state index in [0.29, 0.717) is 11.4 Å². The molecule has 1 atom stereocenters. The van der Waals surface area contributed by atoms with Gasteiger partial charge in [0.2, 0.25) is 0 Å². The van der Waals surface area contributed by atoms with E-state index < -0.39 is 0 Å². The molecule has 0 bridgehead atoms. The lowest BCUT2D eigenvalue weighted by molar-refractivity contribution is 0.0991. The number of carbonyl (C=O) groups excluding carboxylic acids is 1. The highest BCUT2D eigenvalue weighted by Gasteiger charge is 2.30. The highest BCUT2D eigenvalue weighted by molar-refractivity contribution is 6.30. The van der Waals surface area contributed by atoms with Crippen LogP contribution in [0.1, 0.15) is 33.8 Å². The summed E-state index contributed by atoms with van der Waals surface area (Å²) in [5.74, 6) is -0.155. The molecule has 0 saturated carbocycles. The maximum atomic E-state index is 12.9. The number of Topliss-reactive ketones (excluding diaryl/α,β-unsaturated/α-hetero) is 1. The summed E-state index contributed by atoms with van der Waals surface area (Å²) in [6, 6.07) is 11.6. The molecule has 1 nitrogen and oxygen atoms in total. The Hall–Kier alpha value is -1.67. The standard InChI is InChI=1S/C15H10ClFO/c16-10-3-6-12-14(7-10)13(8-15(12)18)9-1-4-11(17)5-2-9/h1-7,13H,8H2/t13-/m1/s1. The summed E-state index contributed by atoms with van der Waals surface area (Å²) in [6.45, 7) is 0. The predicted molar refractivity (Wildman–Crippen MR) is 68.6 cm³/mol. The first kappa shape index (κ1) is 11.4. The average Bonchev–Trinajstić information content (AvgIpc) is 2.67. The first-order valence-corrected chi connectivity index (χ1v) is 6.11. The molecule has 2 aromatic rings. The van der Waals surface area contributed by atoms with E-state index in [9.17, 15) is 9.18 Å². The number of ketones is 1. The molecular formula is C15H10ClFO. The lowest BCUT2D eigenvalue weighted by atomic mass is 9.93. The number of halogens is 2. The van der Waals surface area contributed by atoms with E-state index in [0.717, 1.165) is 16.7 Å². The van der Waals surface area contributed by atoms with Crippen molar-refractivity contribution in [3.8, 4) is 0 Å². The fourth-order valence-electron chi connectivity index (χ4n) is 2.47. The summed E-state index contributed by atoms with van der Waals surface area (Å²) in [6.07, 6.45) is 0.432. The van der Waals surface area contributed by atoms with Crippen LogP contribution in [0.3, 0.4) is 0 Å². The normalized spacial score (nSPS) is 17.9. The number of benzene rings is 2. The second-order valence-corrected chi connectivity index (χ2v) is 4.90. The fraction of sp³-hybridized carbons (Fsp3) is 0.133. The van der Waals surface area contributed by atoms with Crippen molar-refractivity contribution in [2.45, 2.75) is 12.3 Å². The Balaban J connectivity index is 2.09. The van der Waals surface area contributed by atoms with Gasteiger partial charge in [-0.2, -0.15) is 0 Å². The molecule has 0 unspecified atom stereocenters. The Bertz CT molecular complexity index is 619. The lowest BCUT2D eigenvalue weighted by Crippen LogP contribution is -1.96. The van der Waals surface area contributed by atoms with Gasteiger partial charge in [-0.15, -0.1) is 0 Å². The van der Waals surface area contributed by atoms with Crippen LogP contribution in [0.15, 0.2) is 42.5 Å². The Labute approximate surface area is 109 Å². The summed E-state index contributed by atoms with van der Waals surface area (Å²) < 4.78 is 12.9. The molecular weight excluding hydrogens is 251 g/mol. The van der Waals surface area contributed by atoms with Crippen molar-refractivity contribution in [2.24, 2.45) is 0 Å². The van der Waals surface area contributed by atoms with Gasteiger partial charge in [-0.05, 0) is 41.5 Å². The topological polar surface area (TPSA) is 17.1 Å². The lowest BCUT2D eigenvalue weighted by Gasteiger charge is -2.11. The number of carbonyl (C=O) groups is 1. The molecule has 0 spiro atoms. The second kappa shape index (κ2) is 4.21. The van der Waals surface area contributed by atoms with Gasteiger partial charge in [0.1, 0.15) is 5.82 Å². The average molecular weight is 261 g/mol. The van der Waals surface area contributed by atoms with E-state index in [1.165, 1.54) is 12.1 Å². The Morgan fingerprint density at radius 3 is 2.56 bits per heavy atom. The van der Waals surface area contributed by atoms with Crippen LogP contribution in [0.4, 0.5) is 4.39 Å². The van der Waals surface area contributed by atoms with Crippen LogP contribution in [0.25, 0.3) is 0 Å². The van der Waals surface area contributed by atoms with Crippen LogP contribution in [0, 0.1) is 5.82 Å². The zero-order valence-electron chi connectivity index (χ0n) is 9.49. The third-order valence-corrected chi connectivity index (χ3v) is 3.59. The summed E-state index contributed by atoms with van der Waals surface area (Å²) in [7, 11) is 0. The molecule has 0 N–H and O–H groups in total. The zero-order chi connectivity index (χ0) is 12.7. The maximum Gasteiger partial charge on any atom is 0.164 e. The Kier molecular flexibility index (Phi) is 2.67. The second-order valence-electron chi connectivity index (χ2n) is 4.46. The molecule has 0 saturated heterocycles. The van der Waals surface area contributed by atoms with Crippen molar-refractivity contribution in [3.63, 3.8) is 0 Å². The van der Waals surface area contributed by atoms with Gasteiger partial charge in [-0.3, -0.25) is 4.79 Å². The van der Waals surface area contributed by atoms with Gasteiger partial charge in [-0.25, -0.2) is 4.39 Å². The van der Waals surface area contributed by atoms with Crippen molar-refractivity contribution in [2.75, 3.05) is 0 Å². The largest absolute Gasteiger partial charge is 0.294 e. The summed E-state index contributed by atoms with van der Waals surface area (Å²) in [4.78, 5) is 11.9. The van der Waals surface area contributed by atoms with Crippen LogP contribution < -0.4 is 0 Å². The third kappa shape index (κ3) is 1.83. The number of rotatable bonds is 1. The van der Waals surface area contributed by atoms with Crippen molar-refractivity contribution in [3.05, 3.63) is 70.0 Å². The van der Waals surface area contributed by atoms with Gasteiger partial charge >= 0.3 is 0 Å². The van der Waals surface area contributed by atoms with Crippen molar-refractivity contribution < 1.29 is 9.18 Å². The number of fused-ring (bicyclic) bond motifs is 1. The maximum absolute atomic E-state index is 12.9. The molecule has 0 fully saturated rings. The highest BCUT2D eigenvalue weighted by Crippen LogP contribution is 2.39. The number of hydrogen-bond donors (Lipinski definition) is 0.